The summed E-state index contributed by atoms with van der Waals surface area (Å²) in [5.41, 5.74) is 1.53. The molecule has 0 fully saturated rings. The van der Waals surface area contributed by atoms with Crippen molar-refractivity contribution in [3.05, 3.63) is 29.8 Å². The predicted octanol–water partition coefficient (Wildman–Crippen LogP) is 1.19. The molecule has 6 heteroatoms. The van der Waals surface area contributed by atoms with Gasteiger partial charge in [0.05, 0.1) is 6.54 Å². The Morgan fingerprint density at radius 1 is 1.39 bits per heavy atom. The van der Waals surface area contributed by atoms with Crippen LogP contribution in [0.1, 0.15) is 5.56 Å². The minimum Gasteiger partial charge on any atom is -0.388 e. The van der Waals surface area contributed by atoms with Gasteiger partial charge in [-0.1, -0.05) is 18.2 Å². The lowest BCUT2D eigenvalue weighted by atomic mass is 10.1. The zero-order valence-corrected chi connectivity index (χ0v) is 10.4. The lowest BCUT2D eigenvalue weighted by Crippen LogP contribution is -2.29. The van der Waals surface area contributed by atoms with E-state index in [4.69, 9.17) is 4.74 Å². The van der Waals surface area contributed by atoms with Gasteiger partial charge < -0.3 is 10.1 Å². The van der Waals surface area contributed by atoms with Crippen LogP contribution in [-0.4, -0.2) is 30.8 Å². The highest BCUT2D eigenvalue weighted by molar-refractivity contribution is 7.98. The lowest BCUT2D eigenvalue weighted by Gasteiger charge is -2.13. The molecule has 0 aromatic heterocycles. The van der Waals surface area contributed by atoms with E-state index in [9.17, 15) is 4.79 Å². The first-order chi connectivity index (χ1) is 8.83. The first-order valence-corrected chi connectivity index (χ1v) is 6.42. The van der Waals surface area contributed by atoms with Crippen LogP contribution < -0.4 is 5.32 Å². The topological polar surface area (TPSA) is 63.0 Å². The Morgan fingerprint density at radius 2 is 2.28 bits per heavy atom. The molecule has 0 spiro atoms. The Kier molecular flexibility index (Phi) is 3.02. The number of carbonyl (C=O) groups excluding carboxylic acids is 1. The van der Waals surface area contributed by atoms with Crippen molar-refractivity contribution in [1.29, 1.82) is 0 Å². The van der Waals surface area contributed by atoms with Crippen LogP contribution in [0.3, 0.4) is 0 Å². The van der Waals surface area contributed by atoms with Crippen molar-refractivity contribution in [2.75, 3.05) is 13.1 Å². The van der Waals surface area contributed by atoms with Crippen molar-refractivity contribution >= 4 is 29.7 Å². The monoisotopic (exact) mass is 261 g/mol. The highest BCUT2D eigenvalue weighted by atomic mass is 32.2. The second-order valence-electron chi connectivity index (χ2n) is 3.92. The first kappa shape index (κ1) is 11.3. The van der Waals surface area contributed by atoms with Crippen molar-refractivity contribution in [3.8, 4) is 0 Å². The number of esters is 1. The summed E-state index contributed by atoms with van der Waals surface area (Å²) in [6, 6.07) is 8.20. The molecule has 1 N–H and O–H groups in total. The maximum absolute atomic E-state index is 11.9. The average Bonchev–Trinajstić information content (AvgIpc) is 2.91. The number of carbonyl (C=O) groups is 1. The lowest BCUT2D eigenvalue weighted by molar-refractivity contribution is -0.128. The van der Waals surface area contributed by atoms with Gasteiger partial charge >= 0.3 is 5.97 Å². The summed E-state index contributed by atoms with van der Waals surface area (Å²) < 4.78 is 9.31. The minimum atomic E-state index is -0.426. The summed E-state index contributed by atoms with van der Waals surface area (Å²) in [7, 11) is 0. The van der Waals surface area contributed by atoms with Crippen molar-refractivity contribution < 1.29 is 9.53 Å². The Balaban J connectivity index is 1.71. The molecule has 2 aliphatic rings. The van der Waals surface area contributed by atoms with E-state index >= 15 is 0 Å². The number of fused-ring (bicyclic) bond motifs is 1. The van der Waals surface area contributed by atoms with Crippen LogP contribution in [0, 0.1) is 0 Å². The zero-order valence-electron chi connectivity index (χ0n) is 9.55. The number of ether oxygens (including phenoxy) is 1. The summed E-state index contributed by atoms with van der Waals surface area (Å²) in [6.45, 7) is 1.36. The van der Waals surface area contributed by atoms with Gasteiger partial charge in [-0.05, 0) is 11.6 Å². The van der Waals surface area contributed by atoms with Crippen molar-refractivity contribution in [1.82, 2.24) is 5.32 Å². The van der Waals surface area contributed by atoms with Gasteiger partial charge in [0.1, 0.15) is 5.71 Å². The molecule has 0 amide bonds. The number of benzene rings is 1. The Hall–Kier alpha value is -1.82. The fraction of sp³-hybridized carbons (Fsp3) is 0.250. The summed E-state index contributed by atoms with van der Waals surface area (Å²) in [5, 5.41) is 2.89. The van der Waals surface area contributed by atoms with Crippen molar-refractivity contribution in [3.63, 3.8) is 0 Å². The van der Waals surface area contributed by atoms with Crippen LogP contribution >= 0.6 is 11.9 Å². The van der Waals surface area contributed by atoms with Gasteiger partial charge in [0.2, 0.25) is 0 Å². The summed E-state index contributed by atoms with van der Waals surface area (Å²) in [4.78, 5) is 17.0. The molecule has 0 bridgehead atoms. The third-order valence-corrected chi connectivity index (χ3v) is 3.56. The van der Waals surface area contributed by atoms with Gasteiger partial charge in [0.25, 0.3) is 6.02 Å². The summed E-state index contributed by atoms with van der Waals surface area (Å²) >= 11 is 1.31. The van der Waals surface area contributed by atoms with E-state index in [2.05, 4.69) is 14.7 Å². The normalized spacial score (nSPS) is 17.3. The van der Waals surface area contributed by atoms with Crippen LogP contribution in [-0.2, 0) is 16.0 Å². The number of aliphatic imine (C=N–C) groups is 1. The van der Waals surface area contributed by atoms with Gasteiger partial charge in [-0.2, -0.15) is 0 Å². The molecule has 0 unspecified atom stereocenters. The van der Waals surface area contributed by atoms with E-state index in [0.29, 0.717) is 31.2 Å². The molecule has 92 valence electrons. The SMILES string of the molecule is O=C(OC1=NCCN1)C1=NSc2ccccc2C1. The third kappa shape index (κ3) is 2.24. The summed E-state index contributed by atoms with van der Waals surface area (Å²) in [6.07, 6.45) is 0.509. The maximum Gasteiger partial charge on any atom is 0.361 e. The van der Waals surface area contributed by atoms with Gasteiger partial charge in [0.15, 0.2) is 0 Å². The van der Waals surface area contributed by atoms with E-state index in [1.165, 1.54) is 11.9 Å². The molecule has 1 aromatic carbocycles. The van der Waals surface area contributed by atoms with Crippen LogP contribution in [0.5, 0.6) is 0 Å². The van der Waals surface area contributed by atoms with E-state index in [0.717, 1.165) is 10.5 Å². The number of hydrogen-bond donors (Lipinski definition) is 1. The largest absolute Gasteiger partial charge is 0.388 e. The molecule has 2 heterocycles. The van der Waals surface area contributed by atoms with Crippen LogP contribution in [0.2, 0.25) is 0 Å². The van der Waals surface area contributed by atoms with Gasteiger partial charge in [0, 0.05) is 29.8 Å². The highest BCUT2D eigenvalue weighted by Crippen LogP contribution is 2.28. The predicted molar refractivity (Wildman–Crippen MR) is 69.8 cm³/mol. The molecule has 5 nitrogen and oxygen atoms in total. The molecule has 2 aliphatic heterocycles. The number of rotatable bonds is 1. The average molecular weight is 261 g/mol. The van der Waals surface area contributed by atoms with E-state index in [1.54, 1.807) is 0 Å². The first-order valence-electron chi connectivity index (χ1n) is 5.65. The van der Waals surface area contributed by atoms with Gasteiger partial charge in [-0.15, -0.1) is 0 Å². The number of hydrogen-bond acceptors (Lipinski definition) is 6. The maximum atomic E-state index is 11.9. The quantitative estimate of drug-likeness (QED) is 0.609. The molecule has 0 saturated carbocycles. The fourth-order valence-electron chi connectivity index (χ4n) is 1.76. The van der Waals surface area contributed by atoms with Crippen LogP contribution in [0.25, 0.3) is 0 Å². The zero-order chi connectivity index (χ0) is 12.4. The number of nitrogens with one attached hydrogen (secondary N) is 1. The Morgan fingerprint density at radius 3 is 3.11 bits per heavy atom. The molecular weight excluding hydrogens is 250 g/mol. The molecule has 18 heavy (non-hydrogen) atoms. The summed E-state index contributed by atoms with van der Waals surface area (Å²) in [5.74, 6) is -0.426. The standard InChI is InChI=1S/C12H11N3O2S/c16-11(17-12-13-5-6-14-12)9-7-8-3-1-2-4-10(8)18-15-9/h1-4H,5-7H2,(H,13,14). The second-order valence-corrected chi connectivity index (χ2v) is 4.72. The van der Waals surface area contributed by atoms with Crippen LogP contribution in [0.15, 0.2) is 38.6 Å². The molecule has 1 aromatic rings. The molecule has 0 atom stereocenters. The molecule has 3 rings (SSSR count). The van der Waals surface area contributed by atoms with Crippen LogP contribution in [0.4, 0.5) is 0 Å². The second kappa shape index (κ2) is 4.81. The Labute approximate surface area is 108 Å². The number of nitrogens with zero attached hydrogens (tertiary/aromatic N) is 2. The van der Waals surface area contributed by atoms with Crippen molar-refractivity contribution in [2.45, 2.75) is 11.3 Å². The Bertz CT molecular complexity index is 554. The van der Waals surface area contributed by atoms with Gasteiger partial charge in [-0.3, -0.25) is 0 Å². The van der Waals surface area contributed by atoms with E-state index in [-0.39, 0.29) is 0 Å². The van der Waals surface area contributed by atoms with E-state index in [1.807, 2.05) is 24.3 Å². The highest BCUT2D eigenvalue weighted by Gasteiger charge is 2.22. The number of amidine groups is 1. The molecule has 0 radical (unpaired) electrons. The third-order valence-electron chi connectivity index (χ3n) is 2.65. The fourth-order valence-corrected chi connectivity index (χ4v) is 2.50. The molecule has 0 saturated heterocycles. The van der Waals surface area contributed by atoms with Crippen molar-refractivity contribution in [2.24, 2.45) is 9.39 Å². The van der Waals surface area contributed by atoms with E-state index < -0.39 is 5.97 Å². The van der Waals surface area contributed by atoms with Gasteiger partial charge in [-0.25, -0.2) is 14.2 Å². The molecule has 0 aliphatic carbocycles. The minimum absolute atomic E-state index is 0.298. The molecular formula is C12H11N3O2S. The smallest absolute Gasteiger partial charge is 0.361 e.